The van der Waals surface area contributed by atoms with E-state index in [2.05, 4.69) is 0 Å². The Morgan fingerprint density at radius 2 is 1.88 bits per heavy atom. The molecule has 6 heteroatoms. The minimum Gasteiger partial charge on any atom is -0.207 e. The van der Waals surface area contributed by atoms with Gasteiger partial charge >= 0.3 is 0 Å². The van der Waals surface area contributed by atoms with E-state index in [1.807, 2.05) is 30.3 Å². The quantitative estimate of drug-likeness (QED) is 0.806. The molecule has 0 aliphatic heterocycles. The Kier molecular flexibility index (Phi) is 3.59. The van der Waals surface area contributed by atoms with Crippen LogP contribution < -0.4 is 0 Å². The van der Waals surface area contributed by atoms with Crippen LogP contribution in [0.2, 0.25) is 0 Å². The van der Waals surface area contributed by atoms with Crippen molar-refractivity contribution in [3.05, 3.63) is 41.8 Å². The van der Waals surface area contributed by atoms with Gasteiger partial charge in [-0.25, -0.2) is 8.42 Å². The fourth-order valence-corrected chi connectivity index (χ4v) is 4.39. The van der Waals surface area contributed by atoms with Crippen molar-refractivity contribution in [3.63, 3.8) is 0 Å². The van der Waals surface area contributed by atoms with Gasteiger partial charge in [0.1, 0.15) is 0 Å². The van der Waals surface area contributed by atoms with Gasteiger partial charge in [0.2, 0.25) is 0 Å². The fourth-order valence-electron chi connectivity index (χ4n) is 1.09. The third-order valence-corrected chi connectivity index (χ3v) is 5.36. The number of hydrogen-bond acceptors (Lipinski definition) is 4. The molecule has 0 N–H and O–H groups in total. The number of thiophene rings is 1. The Bertz CT molecular complexity index is 575. The molecule has 2 aromatic rings. The SMILES string of the molecule is O=S(=O)(Cl)c1csc(Sc2ccccc2)c1. The van der Waals surface area contributed by atoms with E-state index in [0.29, 0.717) is 0 Å². The van der Waals surface area contributed by atoms with Crippen LogP contribution in [0.4, 0.5) is 0 Å². The van der Waals surface area contributed by atoms with Gasteiger partial charge in [0.25, 0.3) is 9.05 Å². The van der Waals surface area contributed by atoms with Crippen molar-refractivity contribution in [1.82, 2.24) is 0 Å². The summed E-state index contributed by atoms with van der Waals surface area (Å²) in [5.41, 5.74) is 0. The molecule has 0 radical (unpaired) electrons. The summed E-state index contributed by atoms with van der Waals surface area (Å²) in [7, 11) is 1.64. The highest BCUT2D eigenvalue weighted by Gasteiger charge is 2.12. The van der Waals surface area contributed by atoms with E-state index in [0.717, 1.165) is 9.10 Å². The summed E-state index contributed by atoms with van der Waals surface area (Å²) >= 11 is 2.89. The molecule has 0 spiro atoms. The van der Waals surface area contributed by atoms with Gasteiger partial charge in [0, 0.05) is 21.0 Å². The molecule has 0 saturated carbocycles. The van der Waals surface area contributed by atoms with Crippen molar-refractivity contribution in [2.45, 2.75) is 14.0 Å². The van der Waals surface area contributed by atoms with E-state index in [9.17, 15) is 8.42 Å². The topological polar surface area (TPSA) is 34.1 Å². The molecular weight excluding hydrogens is 284 g/mol. The predicted octanol–water partition coefficient (Wildman–Crippen LogP) is 3.83. The Hall–Kier alpha value is -0.490. The molecular formula is C10H7ClO2S3. The first-order chi connectivity index (χ1) is 7.55. The monoisotopic (exact) mass is 290 g/mol. The van der Waals surface area contributed by atoms with Crippen molar-refractivity contribution in [2.24, 2.45) is 0 Å². The van der Waals surface area contributed by atoms with Crippen LogP contribution in [0.3, 0.4) is 0 Å². The number of halogens is 1. The molecule has 2 rings (SSSR count). The van der Waals surface area contributed by atoms with E-state index in [1.165, 1.54) is 23.1 Å². The first-order valence-corrected chi connectivity index (χ1v) is 8.32. The first kappa shape index (κ1) is 12.0. The highest BCUT2D eigenvalue weighted by Crippen LogP contribution is 2.34. The lowest BCUT2D eigenvalue weighted by atomic mass is 10.4. The number of rotatable bonds is 3. The van der Waals surface area contributed by atoms with E-state index in [1.54, 1.807) is 11.4 Å². The lowest BCUT2D eigenvalue weighted by Crippen LogP contribution is -1.85. The van der Waals surface area contributed by atoms with Crippen LogP contribution in [0.15, 0.2) is 55.8 Å². The van der Waals surface area contributed by atoms with Crippen LogP contribution in [0.25, 0.3) is 0 Å². The van der Waals surface area contributed by atoms with Gasteiger partial charge in [-0.1, -0.05) is 30.0 Å². The lowest BCUT2D eigenvalue weighted by molar-refractivity contribution is 0.610. The molecule has 0 amide bonds. The molecule has 0 unspecified atom stereocenters. The molecule has 0 aliphatic rings. The summed E-state index contributed by atoms with van der Waals surface area (Å²) < 4.78 is 23.0. The van der Waals surface area contributed by atoms with Crippen LogP contribution in [0, 0.1) is 0 Å². The Morgan fingerprint density at radius 3 is 2.44 bits per heavy atom. The van der Waals surface area contributed by atoms with Gasteiger partial charge in [0.05, 0.1) is 9.10 Å². The number of hydrogen-bond donors (Lipinski definition) is 0. The van der Waals surface area contributed by atoms with Crippen LogP contribution in [0.1, 0.15) is 0 Å². The van der Waals surface area contributed by atoms with E-state index >= 15 is 0 Å². The second kappa shape index (κ2) is 4.79. The first-order valence-electron chi connectivity index (χ1n) is 4.32. The summed E-state index contributed by atoms with van der Waals surface area (Å²) in [6, 6.07) is 11.3. The molecule has 2 nitrogen and oxygen atoms in total. The molecule has 0 fully saturated rings. The third kappa shape index (κ3) is 3.01. The normalized spacial score (nSPS) is 11.6. The van der Waals surface area contributed by atoms with Gasteiger partial charge in [-0.3, -0.25) is 0 Å². The summed E-state index contributed by atoms with van der Waals surface area (Å²) in [5.74, 6) is 0. The van der Waals surface area contributed by atoms with Crippen LogP contribution in [-0.4, -0.2) is 8.42 Å². The zero-order valence-corrected chi connectivity index (χ0v) is 11.2. The summed E-state index contributed by atoms with van der Waals surface area (Å²) in [5, 5.41) is 1.55. The fraction of sp³-hybridized carbons (Fsp3) is 0. The van der Waals surface area contributed by atoms with Crippen molar-refractivity contribution in [1.29, 1.82) is 0 Å². The highest BCUT2D eigenvalue weighted by molar-refractivity contribution is 8.13. The minimum absolute atomic E-state index is 0.164. The minimum atomic E-state index is -3.60. The van der Waals surface area contributed by atoms with Crippen LogP contribution in [-0.2, 0) is 9.05 Å². The second-order valence-corrected chi connectivity index (χ2v) is 7.81. The standard InChI is InChI=1S/C10H7ClO2S3/c11-16(12,13)9-6-10(14-7-9)15-8-4-2-1-3-5-8/h1-7H. The Balaban J connectivity index is 2.22. The molecule has 0 atom stereocenters. The average Bonchev–Trinajstić information content (AvgIpc) is 2.67. The lowest BCUT2D eigenvalue weighted by Gasteiger charge is -1.95. The van der Waals surface area contributed by atoms with Gasteiger partial charge in [-0.15, -0.1) is 11.3 Å². The second-order valence-electron chi connectivity index (χ2n) is 2.95. The molecule has 84 valence electrons. The third-order valence-electron chi connectivity index (χ3n) is 1.79. The van der Waals surface area contributed by atoms with E-state index < -0.39 is 9.05 Å². The Morgan fingerprint density at radius 1 is 1.19 bits per heavy atom. The van der Waals surface area contributed by atoms with Gasteiger partial charge < -0.3 is 0 Å². The molecule has 16 heavy (non-hydrogen) atoms. The largest absolute Gasteiger partial charge is 0.262 e. The molecule has 0 saturated heterocycles. The van der Waals surface area contributed by atoms with E-state index in [-0.39, 0.29) is 4.90 Å². The summed E-state index contributed by atoms with van der Waals surface area (Å²) in [6.07, 6.45) is 0. The smallest absolute Gasteiger partial charge is 0.207 e. The van der Waals surface area contributed by atoms with Crippen LogP contribution >= 0.6 is 33.8 Å². The van der Waals surface area contributed by atoms with Gasteiger partial charge in [-0.2, -0.15) is 0 Å². The average molecular weight is 291 g/mol. The maximum absolute atomic E-state index is 11.1. The van der Waals surface area contributed by atoms with Crippen molar-refractivity contribution in [2.75, 3.05) is 0 Å². The van der Waals surface area contributed by atoms with Gasteiger partial charge in [-0.05, 0) is 18.2 Å². The zero-order valence-electron chi connectivity index (χ0n) is 7.96. The zero-order chi connectivity index (χ0) is 11.6. The molecule has 0 bridgehead atoms. The highest BCUT2D eigenvalue weighted by atomic mass is 35.7. The molecule has 1 heterocycles. The maximum atomic E-state index is 11.1. The van der Waals surface area contributed by atoms with Gasteiger partial charge in [0.15, 0.2) is 0 Å². The summed E-state index contributed by atoms with van der Waals surface area (Å²) in [4.78, 5) is 1.24. The van der Waals surface area contributed by atoms with Crippen molar-refractivity contribution in [3.8, 4) is 0 Å². The number of benzene rings is 1. The van der Waals surface area contributed by atoms with E-state index in [4.69, 9.17) is 10.7 Å². The predicted molar refractivity (Wildman–Crippen MR) is 67.9 cm³/mol. The van der Waals surface area contributed by atoms with Crippen molar-refractivity contribution < 1.29 is 8.42 Å². The summed E-state index contributed by atoms with van der Waals surface area (Å²) in [6.45, 7) is 0. The van der Waals surface area contributed by atoms with Crippen LogP contribution in [0.5, 0.6) is 0 Å². The molecule has 1 aromatic heterocycles. The Labute approximate surface area is 107 Å². The molecule has 0 aliphatic carbocycles. The maximum Gasteiger partial charge on any atom is 0.262 e. The molecule has 1 aromatic carbocycles. The van der Waals surface area contributed by atoms with Crippen molar-refractivity contribution >= 4 is 42.8 Å².